The van der Waals surface area contributed by atoms with Gasteiger partial charge in [-0.3, -0.25) is 0 Å². The van der Waals surface area contributed by atoms with Gasteiger partial charge in [0.2, 0.25) is 5.76 Å². The molecule has 0 radical (unpaired) electrons. The number of hydrogen-bond acceptors (Lipinski definition) is 3. The van der Waals surface area contributed by atoms with Gasteiger partial charge in [0.15, 0.2) is 0 Å². The number of furan rings is 1. The predicted molar refractivity (Wildman–Crippen MR) is 73.5 cm³/mol. The molecule has 0 spiro atoms. The van der Waals surface area contributed by atoms with Gasteiger partial charge >= 0.3 is 5.97 Å². The Morgan fingerprint density at radius 3 is 2.33 bits per heavy atom. The summed E-state index contributed by atoms with van der Waals surface area (Å²) in [5.41, 5.74) is -0.702. The highest BCUT2D eigenvalue weighted by Gasteiger charge is 2.30. The normalized spacial score (nSPS) is 14.2. The zero-order chi connectivity index (χ0) is 13.3. The quantitative estimate of drug-likeness (QED) is 0.828. The van der Waals surface area contributed by atoms with Gasteiger partial charge < -0.3 is 14.6 Å². The lowest BCUT2D eigenvalue weighted by Crippen LogP contribution is -2.22. The van der Waals surface area contributed by atoms with E-state index in [2.05, 4.69) is 22.6 Å². The summed E-state index contributed by atoms with van der Waals surface area (Å²) >= 11 is 2.17. The average molecular weight is 358 g/mol. The number of halogens is 1. The number of hydrogen-bond donors (Lipinski definition) is 2. The molecule has 1 unspecified atom stereocenters. The van der Waals surface area contributed by atoms with E-state index in [9.17, 15) is 9.90 Å². The minimum absolute atomic E-state index is 0.184. The molecule has 0 saturated carbocycles. The summed E-state index contributed by atoms with van der Waals surface area (Å²) in [6.45, 7) is 1.57. The van der Waals surface area contributed by atoms with E-state index in [4.69, 9.17) is 9.52 Å². The molecule has 0 aliphatic carbocycles. The Hall–Kier alpha value is -1.34. The van der Waals surface area contributed by atoms with E-state index in [1.807, 2.05) is 12.1 Å². The molecule has 2 rings (SSSR count). The first-order valence-corrected chi connectivity index (χ1v) is 6.31. The van der Waals surface area contributed by atoms with Gasteiger partial charge in [-0.2, -0.15) is 0 Å². The van der Waals surface area contributed by atoms with Gasteiger partial charge in [0.05, 0.1) is 0 Å². The number of benzene rings is 1. The Labute approximate surface area is 117 Å². The first kappa shape index (κ1) is 13.1. The molecule has 1 heterocycles. The molecule has 0 amide bonds. The van der Waals surface area contributed by atoms with Crippen LogP contribution in [-0.4, -0.2) is 16.2 Å². The lowest BCUT2D eigenvalue weighted by molar-refractivity contribution is 0.0601. The Bertz CT molecular complexity index is 569. The van der Waals surface area contributed by atoms with Crippen LogP contribution in [0.5, 0.6) is 0 Å². The maximum atomic E-state index is 10.7. The first-order chi connectivity index (χ1) is 8.41. The third kappa shape index (κ3) is 2.41. The summed E-state index contributed by atoms with van der Waals surface area (Å²) in [5.74, 6) is -1.13. The Balaban J connectivity index is 2.40. The second-order valence-corrected chi connectivity index (χ2v) is 5.29. The van der Waals surface area contributed by atoms with Crippen LogP contribution in [0.2, 0.25) is 0 Å². The maximum absolute atomic E-state index is 10.7. The summed E-state index contributed by atoms with van der Waals surface area (Å²) in [5, 5.41) is 19.2. The molecule has 0 fully saturated rings. The Morgan fingerprint density at radius 1 is 1.22 bits per heavy atom. The van der Waals surface area contributed by atoms with Crippen LogP contribution in [0.4, 0.5) is 0 Å². The average Bonchev–Trinajstić information content (AvgIpc) is 2.79. The molecule has 4 nitrogen and oxygen atoms in total. The van der Waals surface area contributed by atoms with Crippen molar-refractivity contribution in [2.24, 2.45) is 0 Å². The number of rotatable bonds is 3. The molecule has 2 N–H and O–H groups in total. The Morgan fingerprint density at radius 2 is 1.83 bits per heavy atom. The summed E-state index contributed by atoms with van der Waals surface area (Å²) in [7, 11) is 0. The summed E-state index contributed by atoms with van der Waals surface area (Å²) < 4.78 is 6.20. The van der Waals surface area contributed by atoms with Crippen LogP contribution in [0.1, 0.15) is 28.8 Å². The van der Waals surface area contributed by atoms with Crippen LogP contribution in [0.15, 0.2) is 40.8 Å². The highest BCUT2D eigenvalue weighted by molar-refractivity contribution is 14.1. The number of carbonyl (C=O) groups is 1. The largest absolute Gasteiger partial charge is 0.475 e. The lowest BCUT2D eigenvalue weighted by atomic mass is 9.94. The fraction of sp³-hybridized carbons (Fsp3) is 0.154. The van der Waals surface area contributed by atoms with Crippen molar-refractivity contribution >= 4 is 28.6 Å². The molecule has 0 aliphatic heterocycles. The maximum Gasteiger partial charge on any atom is 0.371 e. The molecule has 0 saturated heterocycles. The summed E-state index contributed by atoms with van der Waals surface area (Å²) in [6, 6.07) is 10.1. The van der Waals surface area contributed by atoms with Crippen molar-refractivity contribution in [1.29, 1.82) is 0 Å². The molecule has 2 aromatic rings. The fourth-order valence-corrected chi connectivity index (χ4v) is 1.99. The zero-order valence-corrected chi connectivity index (χ0v) is 11.7. The van der Waals surface area contributed by atoms with E-state index < -0.39 is 11.6 Å². The number of aromatic carboxylic acids is 1. The molecule has 94 valence electrons. The molecule has 0 aliphatic rings. The van der Waals surface area contributed by atoms with E-state index in [1.165, 1.54) is 12.1 Å². The van der Waals surface area contributed by atoms with Gasteiger partial charge in [0.1, 0.15) is 11.4 Å². The van der Waals surface area contributed by atoms with Crippen LogP contribution in [0.3, 0.4) is 0 Å². The van der Waals surface area contributed by atoms with E-state index in [1.54, 1.807) is 19.1 Å². The highest BCUT2D eigenvalue weighted by Crippen LogP contribution is 2.30. The predicted octanol–water partition coefficient (Wildman–Crippen LogP) is 2.84. The molecular formula is C13H11IO4. The van der Waals surface area contributed by atoms with Gasteiger partial charge in [-0.15, -0.1) is 0 Å². The van der Waals surface area contributed by atoms with E-state index in [0.717, 1.165) is 3.57 Å². The molecular weight excluding hydrogens is 347 g/mol. The van der Waals surface area contributed by atoms with Crippen LogP contribution in [0, 0.1) is 3.57 Å². The van der Waals surface area contributed by atoms with Crippen molar-refractivity contribution in [3.8, 4) is 0 Å². The lowest BCUT2D eigenvalue weighted by Gasteiger charge is -2.21. The van der Waals surface area contributed by atoms with Gasteiger partial charge in [-0.25, -0.2) is 4.79 Å². The minimum atomic E-state index is -1.35. The van der Waals surface area contributed by atoms with E-state index in [0.29, 0.717) is 5.56 Å². The molecule has 1 atom stereocenters. The molecule has 0 bridgehead atoms. The number of carboxylic acids is 1. The van der Waals surface area contributed by atoms with Gasteiger partial charge in [-0.05, 0) is 59.3 Å². The van der Waals surface area contributed by atoms with Crippen molar-refractivity contribution in [2.75, 3.05) is 0 Å². The van der Waals surface area contributed by atoms with Crippen LogP contribution in [0.25, 0.3) is 0 Å². The van der Waals surface area contributed by atoms with Gasteiger partial charge in [0, 0.05) is 3.57 Å². The van der Waals surface area contributed by atoms with Crippen LogP contribution in [-0.2, 0) is 5.60 Å². The summed E-state index contributed by atoms with van der Waals surface area (Å²) in [6.07, 6.45) is 0. The fourth-order valence-electron chi connectivity index (χ4n) is 1.63. The first-order valence-electron chi connectivity index (χ1n) is 5.23. The monoisotopic (exact) mass is 358 g/mol. The highest BCUT2D eigenvalue weighted by atomic mass is 127. The number of carboxylic acid groups (broad SMARTS) is 1. The zero-order valence-electron chi connectivity index (χ0n) is 9.55. The molecule has 18 heavy (non-hydrogen) atoms. The van der Waals surface area contributed by atoms with Crippen molar-refractivity contribution in [2.45, 2.75) is 12.5 Å². The molecule has 1 aromatic carbocycles. The molecule has 5 heteroatoms. The van der Waals surface area contributed by atoms with E-state index >= 15 is 0 Å². The third-order valence-corrected chi connectivity index (χ3v) is 3.42. The van der Waals surface area contributed by atoms with Crippen molar-refractivity contribution in [3.05, 3.63) is 57.1 Å². The van der Waals surface area contributed by atoms with Crippen molar-refractivity contribution in [3.63, 3.8) is 0 Å². The van der Waals surface area contributed by atoms with Gasteiger partial charge in [0.25, 0.3) is 0 Å². The van der Waals surface area contributed by atoms with Crippen molar-refractivity contribution in [1.82, 2.24) is 0 Å². The SMILES string of the molecule is CC(O)(c1ccc(I)cc1)c1ccc(C(=O)O)o1. The smallest absolute Gasteiger partial charge is 0.371 e. The second-order valence-electron chi connectivity index (χ2n) is 4.05. The molecule has 1 aromatic heterocycles. The van der Waals surface area contributed by atoms with E-state index in [-0.39, 0.29) is 11.5 Å². The van der Waals surface area contributed by atoms with Crippen LogP contribution < -0.4 is 0 Å². The van der Waals surface area contributed by atoms with Crippen molar-refractivity contribution < 1.29 is 19.4 Å². The second kappa shape index (κ2) is 4.74. The third-order valence-electron chi connectivity index (χ3n) is 2.70. The van der Waals surface area contributed by atoms with Gasteiger partial charge in [-0.1, -0.05) is 12.1 Å². The standard InChI is InChI=1S/C13H11IO4/c1-13(17,8-2-4-9(14)5-3-8)11-7-6-10(18-11)12(15)16/h2-7,17H,1H3,(H,15,16). The summed E-state index contributed by atoms with van der Waals surface area (Å²) in [4.78, 5) is 10.7. The topological polar surface area (TPSA) is 70.7 Å². The Kier molecular flexibility index (Phi) is 3.45. The van der Waals surface area contributed by atoms with Crippen LogP contribution >= 0.6 is 22.6 Å². The number of aliphatic hydroxyl groups is 1. The minimum Gasteiger partial charge on any atom is -0.475 e.